The highest BCUT2D eigenvalue weighted by atomic mass is 16.8. The largest absolute Gasteiger partial charge is 0.446 e. The molecule has 1 aromatic rings. The lowest BCUT2D eigenvalue weighted by atomic mass is 9.84. The van der Waals surface area contributed by atoms with Crippen LogP contribution in [0.1, 0.15) is 18.8 Å². The molecule has 1 unspecified atom stereocenters. The Labute approximate surface area is 144 Å². The number of hydrogen-bond donors (Lipinski definition) is 1. The summed E-state index contributed by atoms with van der Waals surface area (Å²) in [4.78, 5) is 23.5. The number of rotatable bonds is 4. The highest BCUT2D eigenvalue weighted by Gasteiger charge is 2.62. The molecule has 2 fully saturated rings. The molecule has 8 nitrogen and oxygen atoms in total. The maximum atomic E-state index is 11.9. The van der Waals surface area contributed by atoms with Gasteiger partial charge in [0.15, 0.2) is 25.0 Å². The van der Waals surface area contributed by atoms with Gasteiger partial charge in [-0.2, -0.15) is 0 Å². The van der Waals surface area contributed by atoms with E-state index in [1.54, 1.807) is 12.1 Å². The van der Waals surface area contributed by atoms with Crippen LogP contribution in [0.15, 0.2) is 30.3 Å². The monoisotopic (exact) mass is 352 g/mol. The van der Waals surface area contributed by atoms with Crippen molar-refractivity contribution in [2.75, 3.05) is 13.7 Å². The molecule has 0 radical (unpaired) electrons. The Morgan fingerprint density at radius 2 is 2.04 bits per heavy atom. The number of ether oxygens (including phenoxy) is 5. The molecule has 2 aliphatic heterocycles. The van der Waals surface area contributed by atoms with Gasteiger partial charge in [0.2, 0.25) is 5.60 Å². The summed E-state index contributed by atoms with van der Waals surface area (Å²) in [6.07, 6.45) is -4.92. The molecule has 136 valence electrons. The van der Waals surface area contributed by atoms with Gasteiger partial charge in [-0.1, -0.05) is 30.3 Å². The summed E-state index contributed by atoms with van der Waals surface area (Å²) in [5, 5.41) is 10.5. The maximum absolute atomic E-state index is 11.9. The highest BCUT2D eigenvalue weighted by molar-refractivity contribution is 5.74. The molecule has 25 heavy (non-hydrogen) atoms. The topological polar surface area (TPSA) is 101 Å². The van der Waals surface area contributed by atoms with Crippen molar-refractivity contribution in [2.45, 2.75) is 43.4 Å². The molecule has 2 saturated heterocycles. The van der Waals surface area contributed by atoms with E-state index >= 15 is 0 Å². The van der Waals surface area contributed by atoms with Crippen molar-refractivity contribution in [3.05, 3.63) is 35.9 Å². The lowest BCUT2D eigenvalue weighted by Crippen LogP contribution is -2.71. The van der Waals surface area contributed by atoms with Crippen molar-refractivity contribution in [3.63, 3.8) is 0 Å². The molecule has 1 aromatic carbocycles. The minimum absolute atomic E-state index is 0.0770. The minimum atomic E-state index is -1.95. The second-order valence-corrected chi connectivity index (χ2v) is 5.92. The fourth-order valence-corrected chi connectivity index (χ4v) is 3.16. The summed E-state index contributed by atoms with van der Waals surface area (Å²) in [6.45, 7) is 1.23. The molecule has 3 rings (SSSR count). The van der Waals surface area contributed by atoms with E-state index in [9.17, 15) is 14.7 Å². The van der Waals surface area contributed by atoms with Gasteiger partial charge in [0.25, 0.3) is 0 Å². The van der Waals surface area contributed by atoms with Crippen molar-refractivity contribution in [1.82, 2.24) is 0 Å². The van der Waals surface area contributed by atoms with Crippen LogP contribution in [-0.4, -0.2) is 61.3 Å². The molecule has 0 spiro atoms. The first-order valence-corrected chi connectivity index (χ1v) is 7.86. The van der Waals surface area contributed by atoms with E-state index < -0.39 is 42.5 Å². The van der Waals surface area contributed by atoms with E-state index in [1.165, 1.54) is 7.11 Å². The smallest absolute Gasteiger partial charge is 0.303 e. The molecular formula is C17H20O8. The number of methoxy groups -OCH3 is 1. The average molecular weight is 352 g/mol. The zero-order valence-electron chi connectivity index (χ0n) is 13.9. The summed E-state index contributed by atoms with van der Waals surface area (Å²) in [5.41, 5.74) is -1.22. The Morgan fingerprint density at radius 3 is 2.64 bits per heavy atom. The van der Waals surface area contributed by atoms with E-state index in [1.807, 2.05) is 18.2 Å². The first kappa shape index (κ1) is 18.0. The number of esters is 1. The van der Waals surface area contributed by atoms with Gasteiger partial charge in [-0.25, -0.2) is 0 Å². The summed E-state index contributed by atoms with van der Waals surface area (Å²) in [5.74, 6) is -0.729. The fraction of sp³-hybridized carbons (Fsp3) is 0.529. The summed E-state index contributed by atoms with van der Waals surface area (Å²) < 4.78 is 27.4. The van der Waals surface area contributed by atoms with Crippen LogP contribution in [0.5, 0.6) is 0 Å². The van der Waals surface area contributed by atoms with Crippen LogP contribution < -0.4 is 0 Å². The van der Waals surface area contributed by atoms with Crippen LogP contribution in [-0.2, 0) is 33.3 Å². The summed E-state index contributed by atoms with van der Waals surface area (Å²) >= 11 is 0. The van der Waals surface area contributed by atoms with E-state index in [-0.39, 0.29) is 6.61 Å². The number of aliphatic hydroxyl groups is 1. The van der Waals surface area contributed by atoms with Crippen molar-refractivity contribution in [2.24, 2.45) is 0 Å². The molecule has 0 saturated carbocycles. The van der Waals surface area contributed by atoms with Crippen LogP contribution in [0, 0.1) is 0 Å². The van der Waals surface area contributed by atoms with Crippen molar-refractivity contribution in [1.29, 1.82) is 0 Å². The molecular weight excluding hydrogens is 332 g/mol. The Morgan fingerprint density at radius 1 is 1.32 bits per heavy atom. The molecule has 0 bridgehead atoms. The van der Waals surface area contributed by atoms with Crippen molar-refractivity contribution >= 4 is 12.3 Å². The van der Waals surface area contributed by atoms with Gasteiger partial charge in [0.1, 0.15) is 12.2 Å². The molecule has 2 heterocycles. The number of aldehydes is 1. The second kappa shape index (κ2) is 7.19. The Bertz CT molecular complexity index is 620. The minimum Gasteiger partial charge on any atom is -0.446 e. The summed E-state index contributed by atoms with van der Waals surface area (Å²) in [6, 6.07) is 9.09. The molecule has 0 aliphatic carbocycles. The third kappa shape index (κ3) is 3.19. The fourth-order valence-electron chi connectivity index (χ4n) is 3.16. The Kier molecular flexibility index (Phi) is 5.16. The molecule has 1 N–H and O–H groups in total. The molecule has 0 aromatic heterocycles. The van der Waals surface area contributed by atoms with Gasteiger partial charge in [-0.05, 0) is 0 Å². The number of carbonyl (C=O) groups is 2. The Hall–Kier alpha value is -1.84. The predicted octanol–water partition coefficient (Wildman–Crippen LogP) is 0.334. The molecule has 8 heteroatoms. The highest BCUT2D eigenvalue weighted by Crippen LogP contribution is 2.40. The van der Waals surface area contributed by atoms with Gasteiger partial charge in [-0.15, -0.1) is 0 Å². The number of hydrogen-bond acceptors (Lipinski definition) is 8. The van der Waals surface area contributed by atoms with E-state index in [4.69, 9.17) is 23.7 Å². The first-order chi connectivity index (χ1) is 12.0. The van der Waals surface area contributed by atoms with Crippen LogP contribution in [0.25, 0.3) is 0 Å². The van der Waals surface area contributed by atoms with E-state index in [0.717, 1.165) is 12.5 Å². The van der Waals surface area contributed by atoms with Gasteiger partial charge in [-0.3, -0.25) is 9.59 Å². The van der Waals surface area contributed by atoms with Gasteiger partial charge >= 0.3 is 5.97 Å². The number of aliphatic hydroxyl groups excluding tert-OH is 1. The van der Waals surface area contributed by atoms with Crippen LogP contribution in [0.3, 0.4) is 0 Å². The standard InChI is InChI=1S/C17H20O8/c1-10(19)25-17(9-18)13(20)16(21-2)23-12-8-22-15(24-14(12)17)11-6-4-3-5-7-11/h3-7,9,12-16,20H,8H2,1-2H3/t12-,13+,14-,15?,16+,17-/m1/s1. The normalized spacial score (nSPS) is 37.8. The third-order valence-corrected chi connectivity index (χ3v) is 4.30. The lowest BCUT2D eigenvalue weighted by Gasteiger charge is -2.51. The average Bonchev–Trinajstić information content (AvgIpc) is 2.64. The SMILES string of the molecule is CO[C@H]1O[C@@H]2COC(c3ccccc3)O[C@H]2[C@](C=O)(OC(C)=O)[C@H]1O. The third-order valence-electron chi connectivity index (χ3n) is 4.30. The molecule has 6 atom stereocenters. The van der Waals surface area contributed by atoms with Gasteiger partial charge < -0.3 is 28.8 Å². The number of benzene rings is 1. The van der Waals surface area contributed by atoms with Crippen LogP contribution >= 0.6 is 0 Å². The second-order valence-electron chi connectivity index (χ2n) is 5.92. The predicted molar refractivity (Wildman–Crippen MR) is 82.2 cm³/mol. The van der Waals surface area contributed by atoms with Crippen molar-refractivity contribution < 1.29 is 38.4 Å². The lowest BCUT2D eigenvalue weighted by molar-refractivity contribution is -0.373. The zero-order chi connectivity index (χ0) is 18.0. The molecule has 2 aliphatic rings. The van der Waals surface area contributed by atoms with Gasteiger partial charge in [0, 0.05) is 19.6 Å². The van der Waals surface area contributed by atoms with E-state index in [2.05, 4.69) is 0 Å². The van der Waals surface area contributed by atoms with Crippen molar-refractivity contribution in [3.8, 4) is 0 Å². The summed E-state index contributed by atoms with van der Waals surface area (Å²) in [7, 11) is 1.31. The van der Waals surface area contributed by atoms with Gasteiger partial charge in [0.05, 0.1) is 6.61 Å². The Balaban J connectivity index is 1.94. The first-order valence-electron chi connectivity index (χ1n) is 7.86. The molecule has 0 amide bonds. The maximum Gasteiger partial charge on any atom is 0.303 e. The zero-order valence-corrected chi connectivity index (χ0v) is 13.9. The van der Waals surface area contributed by atoms with E-state index in [0.29, 0.717) is 6.29 Å². The van der Waals surface area contributed by atoms with Crippen LogP contribution in [0.4, 0.5) is 0 Å². The van der Waals surface area contributed by atoms with Crippen LogP contribution in [0.2, 0.25) is 0 Å². The number of fused-ring (bicyclic) bond motifs is 1. The number of carbonyl (C=O) groups excluding carboxylic acids is 2. The quantitative estimate of drug-likeness (QED) is 0.611.